The van der Waals surface area contributed by atoms with E-state index in [2.05, 4.69) is 9.98 Å². The van der Waals surface area contributed by atoms with Gasteiger partial charge in [-0.05, 0) is 17.7 Å². The van der Waals surface area contributed by atoms with Gasteiger partial charge in [0, 0.05) is 16.8 Å². The first-order valence-electron chi connectivity index (χ1n) is 6.86. The lowest BCUT2D eigenvalue weighted by atomic mass is 10.2. The molecule has 0 atom stereocenters. The van der Waals surface area contributed by atoms with Crippen molar-refractivity contribution in [3.05, 3.63) is 70.9 Å². The zero-order chi connectivity index (χ0) is 17.2. The Morgan fingerprint density at radius 1 is 1.00 bits per heavy atom. The maximum Gasteiger partial charge on any atom is 0.436 e. The maximum absolute atomic E-state index is 13.2. The Morgan fingerprint density at radius 2 is 1.67 bits per heavy atom. The number of benzene rings is 2. The van der Waals surface area contributed by atoms with Crippen LogP contribution in [0, 0.1) is 0 Å². The number of hydrogen-bond acceptors (Lipinski definition) is 3. The minimum Gasteiger partial charge on any atom is -0.243 e. The Bertz CT molecular complexity index is 856. The molecule has 0 radical (unpaired) electrons. The van der Waals surface area contributed by atoms with Crippen LogP contribution in [0.2, 0.25) is 5.02 Å². The van der Waals surface area contributed by atoms with Gasteiger partial charge in [-0.3, -0.25) is 0 Å². The van der Waals surface area contributed by atoms with Crippen molar-refractivity contribution in [2.24, 2.45) is 4.99 Å². The van der Waals surface area contributed by atoms with Crippen LogP contribution in [0.5, 0.6) is 0 Å². The highest BCUT2D eigenvalue weighted by Crippen LogP contribution is 2.42. The molecule has 0 amide bonds. The number of nitrogens with zero attached hydrogens (tertiary/aromatic N) is 2. The molecule has 3 aromatic rings. The largest absolute Gasteiger partial charge is 0.436 e. The second kappa shape index (κ2) is 6.75. The van der Waals surface area contributed by atoms with Crippen molar-refractivity contribution >= 4 is 34.2 Å². The Hall–Kier alpha value is -2.18. The Morgan fingerprint density at radius 3 is 2.29 bits per heavy atom. The third-order valence-electron chi connectivity index (χ3n) is 3.10. The van der Waals surface area contributed by atoms with Crippen molar-refractivity contribution in [3.63, 3.8) is 0 Å². The first kappa shape index (κ1) is 16.7. The summed E-state index contributed by atoms with van der Waals surface area (Å²) < 4.78 is 39.6. The van der Waals surface area contributed by atoms with Crippen molar-refractivity contribution in [3.8, 4) is 10.6 Å². The van der Waals surface area contributed by atoms with Crippen molar-refractivity contribution in [2.75, 3.05) is 0 Å². The molecule has 0 aliphatic heterocycles. The monoisotopic (exact) mass is 366 g/mol. The van der Waals surface area contributed by atoms with Gasteiger partial charge in [-0.2, -0.15) is 13.2 Å². The first-order chi connectivity index (χ1) is 11.4. The molecule has 0 saturated carbocycles. The number of hydrogen-bond donors (Lipinski definition) is 0. The first-order valence-corrected chi connectivity index (χ1v) is 8.06. The van der Waals surface area contributed by atoms with Gasteiger partial charge in [0.1, 0.15) is 10.0 Å². The fourth-order valence-corrected chi connectivity index (χ4v) is 3.04. The van der Waals surface area contributed by atoms with Gasteiger partial charge in [0.25, 0.3) is 0 Å². The van der Waals surface area contributed by atoms with Crippen molar-refractivity contribution in [1.29, 1.82) is 0 Å². The molecule has 3 rings (SSSR count). The fraction of sp³-hybridized carbons (Fsp3) is 0.0588. The smallest absolute Gasteiger partial charge is 0.243 e. The Kier molecular flexibility index (Phi) is 4.69. The second-order valence-electron chi connectivity index (χ2n) is 4.85. The Balaban J connectivity index is 2.01. The van der Waals surface area contributed by atoms with Crippen LogP contribution >= 0.6 is 22.9 Å². The van der Waals surface area contributed by atoms with E-state index in [0.717, 1.165) is 11.3 Å². The summed E-state index contributed by atoms with van der Waals surface area (Å²) in [5, 5.41) is 0.587. The average Bonchev–Trinajstić information content (AvgIpc) is 2.99. The van der Waals surface area contributed by atoms with Gasteiger partial charge in [0.15, 0.2) is 5.69 Å². The van der Waals surface area contributed by atoms with E-state index in [9.17, 15) is 13.2 Å². The van der Waals surface area contributed by atoms with Gasteiger partial charge in [-0.1, -0.05) is 65.4 Å². The van der Waals surface area contributed by atoms with Gasteiger partial charge in [0.05, 0.1) is 0 Å². The molecule has 0 N–H and O–H groups in total. The summed E-state index contributed by atoms with van der Waals surface area (Å²) in [6.45, 7) is 0. The average molecular weight is 367 g/mol. The molecule has 0 bridgehead atoms. The number of aromatic nitrogens is 1. The summed E-state index contributed by atoms with van der Waals surface area (Å²) in [6, 6.07) is 15.4. The van der Waals surface area contributed by atoms with E-state index in [4.69, 9.17) is 11.6 Å². The third kappa shape index (κ3) is 3.83. The summed E-state index contributed by atoms with van der Waals surface area (Å²) in [5.41, 5.74) is 0.299. The molecule has 1 heterocycles. The minimum absolute atomic E-state index is 0.170. The fourth-order valence-electron chi connectivity index (χ4n) is 1.97. The van der Waals surface area contributed by atoms with E-state index in [1.165, 1.54) is 6.21 Å². The highest BCUT2D eigenvalue weighted by atomic mass is 35.5. The molecular formula is C17H10ClF3N2S. The molecule has 24 heavy (non-hydrogen) atoms. The van der Waals surface area contributed by atoms with E-state index in [0.29, 0.717) is 16.1 Å². The summed E-state index contributed by atoms with van der Waals surface area (Å²) in [6.07, 6.45) is -3.17. The number of thiazole rings is 1. The normalized spacial score (nSPS) is 12.0. The highest BCUT2D eigenvalue weighted by molar-refractivity contribution is 7.18. The van der Waals surface area contributed by atoms with Gasteiger partial charge in [0.2, 0.25) is 0 Å². The van der Waals surface area contributed by atoms with E-state index in [-0.39, 0.29) is 10.0 Å². The lowest BCUT2D eigenvalue weighted by Gasteiger charge is -2.02. The molecule has 1 aromatic heterocycles. The van der Waals surface area contributed by atoms with Gasteiger partial charge >= 0.3 is 6.18 Å². The van der Waals surface area contributed by atoms with Crippen LogP contribution in [0.15, 0.2) is 59.6 Å². The van der Waals surface area contributed by atoms with Crippen molar-refractivity contribution in [1.82, 2.24) is 4.98 Å². The molecule has 0 unspecified atom stereocenters. The molecule has 122 valence electrons. The molecule has 0 fully saturated rings. The second-order valence-corrected chi connectivity index (χ2v) is 6.26. The summed E-state index contributed by atoms with van der Waals surface area (Å²) in [5.74, 6) is 0. The predicted molar refractivity (Wildman–Crippen MR) is 91.3 cm³/mol. The molecule has 0 aliphatic carbocycles. The SMILES string of the molecule is FC(F)(F)c1nc(-c2ccc(Cl)cc2)sc1/N=C/c1ccccc1. The van der Waals surface area contributed by atoms with Gasteiger partial charge < -0.3 is 0 Å². The Labute approximate surface area is 145 Å². The number of aliphatic imine (C=N–C) groups is 1. The highest BCUT2D eigenvalue weighted by Gasteiger charge is 2.37. The van der Waals surface area contributed by atoms with Crippen molar-refractivity contribution in [2.45, 2.75) is 6.18 Å². The maximum atomic E-state index is 13.2. The molecular weight excluding hydrogens is 357 g/mol. The van der Waals surface area contributed by atoms with E-state index >= 15 is 0 Å². The molecule has 2 aromatic carbocycles. The van der Waals surface area contributed by atoms with E-state index < -0.39 is 11.9 Å². The van der Waals surface area contributed by atoms with Crippen LogP contribution in [0.3, 0.4) is 0 Å². The van der Waals surface area contributed by atoms with Crippen LogP contribution in [0.1, 0.15) is 11.3 Å². The third-order valence-corrected chi connectivity index (χ3v) is 4.36. The lowest BCUT2D eigenvalue weighted by Crippen LogP contribution is -2.05. The van der Waals surface area contributed by atoms with E-state index in [1.54, 1.807) is 48.5 Å². The van der Waals surface area contributed by atoms with Crippen LogP contribution in [-0.2, 0) is 6.18 Å². The molecule has 7 heteroatoms. The van der Waals surface area contributed by atoms with Crippen LogP contribution in [0.25, 0.3) is 10.6 Å². The summed E-state index contributed by atoms with van der Waals surface area (Å²) in [4.78, 5) is 7.72. The summed E-state index contributed by atoms with van der Waals surface area (Å²) >= 11 is 6.70. The van der Waals surface area contributed by atoms with Crippen LogP contribution < -0.4 is 0 Å². The molecule has 0 saturated heterocycles. The van der Waals surface area contributed by atoms with Gasteiger partial charge in [-0.15, -0.1) is 0 Å². The van der Waals surface area contributed by atoms with Crippen molar-refractivity contribution < 1.29 is 13.2 Å². The zero-order valence-electron chi connectivity index (χ0n) is 12.1. The topological polar surface area (TPSA) is 25.2 Å². The zero-order valence-corrected chi connectivity index (χ0v) is 13.7. The molecule has 0 spiro atoms. The summed E-state index contributed by atoms with van der Waals surface area (Å²) in [7, 11) is 0. The van der Waals surface area contributed by atoms with Crippen LogP contribution in [0.4, 0.5) is 18.2 Å². The number of rotatable bonds is 3. The quantitative estimate of drug-likeness (QED) is 0.504. The number of alkyl halides is 3. The molecule has 2 nitrogen and oxygen atoms in total. The van der Waals surface area contributed by atoms with E-state index in [1.807, 2.05) is 6.07 Å². The van der Waals surface area contributed by atoms with Crippen LogP contribution in [-0.4, -0.2) is 11.2 Å². The molecule has 0 aliphatic rings. The minimum atomic E-state index is -4.56. The lowest BCUT2D eigenvalue weighted by molar-refractivity contribution is -0.140. The predicted octanol–water partition coefficient (Wildman–Crippen LogP) is 6.23. The number of halogens is 4. The van der Waals surface area contributed by atoms with Gasteiger partial charge in [-0.25, -0.2) is 9.98 Å². The standard InChI is InChI=1S/C17H10ClF3N2S/c18-13-8-6-12(7-9-13)15-23-14(17(19,20)21)16(24-15)22-10-11-4-2-1-3-5-11/h1-10H/b22-10+.